The minimum absolute atomic E-state index is 0.0330. The maximum absolute atomic E-state index is 12.0. The van der Waals surface area contributed by atoms with Gasteiger partial charge in [-0.05, 0) is 24.1 Å². The number of aliphatic imine (C=N–C) groups is 1. The molecule has 7 nitrogen and oxygen atoms in total. The van der Waals surface area contributed by atoms with Crippen LogP contribution in [0.1, 0.15) is 11.1 Å². The molecule has 3 aromatic rings. The first-order valence-corrected chi connectivity index (χ1v) is 7.97. The van der Waals surface area contributed by atoms with Gasteiger partial charge in [-0.25, -0.2) is 4.79 Å². The molecule has 0 saturated heterocycles. The Hall–Kier alpha value is -3.61. The van der Waals surface area contributed by atoms with Gasteiger partial charge in [-0.1, -0.05) is 36.4 Å². The molecule has 1 heterocycles. The average molecular weight is 351 g/mol. The SMILES string of the molecule is O=c1[nH]c(=O)n(CCc2ccccc2)c(O)c1C=Nc1cccc(O)c1. The summed E-state index contributed by atoms with van der Waals surface area (Å²) in [5, 5.41) is 19.8. The summed E-state index contributed by atoms with van der Waals surface area (Å²) < 4.78 is 1.10. The summed E-state index contributed by atoms with van der Waals surface area (Å²) in [5.74, 6) is -0.413. The molecule has 0 aliphatic heterocycles. The molecule has 1 aromatic heterocycles. The van der Waals surface area contributed by atoms with E-state index in [1.165, 1.54) is 18.3 Å². The molecule has 132 valence electrons. The van der Waals surface area contributed by atoms with Crippen LogP contribution < -0.4 is 11.2 Å². The van der Waals surface area contributed by atoms with Crippen molar-refractivity contribution in [3.05, 3.63) is 86.6 Å². The molecule has 0 fully saturated rings. The molecular weight excluding hydrogens is 334 g/mol. The molecule has 0 aliphatic rings. The third kappa shape index (κ3) is 3.89. The first-order valence-electron chi connectivity index (χ1n) is 7.97. The Morgan fingerprint density at radius 2 is 1.81 bits per heavy atom. The number of aromatic nitrogens is 2. The van der Waals surface area contributed by atoms with Gasteiger partial charge >= 0.3 is 5.69 Å². The van der Waals surface area contributed by atoms with Crippen LogP contribution in [0, 0.1) is 0 Å². The van der Waals surface area contributed by atoms with Crippen LogP contribution in [0.3, 0.4) is 0 Å². The van der Waals surface area contributed by atoms with Crippen LogP contribution in [-0.2, 0) is 13.0 Å². The van der Waals surface area contributed by atoms with Gasteiger partial charge in [0.15, 0.2) is 0 Å². The molecule has 0 spiro atoms. The van der Waals surface area contributed by atoms with Gasteiger partial charge in [0.05, 0.1) is 5.69 Å². The van der Waals surface area contributed by atoms with Crippen LogP contribution >= 0.6 is 0 Å². The van der Waals surface area contributed by atoms with Gasteiger partial charge in [0.2, 0.25) is 5.88 Å². The number of hydrogen-bond acceptors (Lipinski definition) is 5. The molecule has 0 radical (unpaired) electrons. The summed E-state index contributed by atoms with van der Waals surface area (Å²) >= 11 is 0. The molecule has 0 aliphatic carbocycles. The van der Waals surface area contributed by atoms with Gasteiger partial charge in [0, 0.05) is 18.8 Å². The molecule has 3 rings (SSSR count). The lowest BCUT2D eigenvalue weighted by Crippen LogP contribution is -2.32. The zero-order valence-corrected chi connectivity index (χ0v) is 13.8. The number of phenolic OH excluding ortho intramolecular Hbond substituents is 1. The van der Waals surface area contributed by atoms with Gasteiger partial charge in [-0.3, -0.25) is 19.3 Å². The predicted octanol–water partition coefficient (Wildman–Crippen LogP) is 1.94. The van der Waals surface area contributed by atoms with E-state index in [-0.39, 0.29) is 17.9 Å². The number of hydrogen-bond donors (Lipinski definition) is 3. The first-order chi connectivity index (χ1) is 12.5. The molecule has 2 aromatic carbocycles. The van der Waals surface area contributed by atoms with Crippen molar-refractivity contribution >= 4 is 11.9 Å². The van der Waals surface area contributed by atoms with Crippen molar-refractivity contribution in [3.63, 3.8) is 0 Å². The van der Waals surface area contributed by atoms with Crippen molar-refractivity contribution in [2.75, 3.05) is 0 Å². The summed E-state index contributed by atoms with van der Waals surface area (Å²) in [5.41, 5.74) is -0.128. The maximum atomic E-state index is 12.0. The van der Waals surface area contributed by atoms with Gasteiger partial charge in [-0.2, -0.15) is 0 Å². The Labute approximate surface area is 148 Å². The maximum Gasteiger partial charge on any atom is 0.331 e. The van der Waals surface area contributed by atoms with Crippen LogP contribution in [0.5, 0.6) is 11.6 Å². The van der Waals surface area contributed by atoms with E-state index in [2.05, 4.69) is 9.98 Å². The van der Waals surface area contributed by atoms with E-state index in [4.69, 9.17) is 0 Å². The second-order valence-corrected chi connectivity index (χ2v) is 5.66. The van der Waals surface area contributed by atoms with Crippen molar-refractivity contribution < 1.29 is 10.2 Å². The lowest BCUT2D eigenvalue weighted by Gasteiger charge is -2.09. The zero-order chi connectivity index (χ0) is 18.5. The van der Waals surface area contributed by atoms with Crippen LogP contribution in [0.2, 0.25) is 0 Å². The fourth-order valence-electron chi connectivity index (χ4n) is 2.50. The summed E-state index contributed by atoms with van der Waals surface area (Å²) in [6.07, 6.45) is 1.69. The number of aromatic amines is 1. The third-order valence-corrected chi connectivity index (χ3v) is 3.85. The van der Waals surface area contributed by atoms with Crippen molar-refractivity contribution in [1.29, 1.82) is 0 Å². The highest BCUT2D eigenvalue weighted by atomic mass is 16.3. The van der Waals surface area contributed by atoms with Gasteiger partial charge in [-0.15, -0.1) is 0 Å². The van der Waals surface area contributed by atoms with Crippen molar-refractivity contribution in [2.45, 2.75) is 13.0 Å². The Kier molecular flexibility index (Phi) is 4.98. The van der Waals surface area contributed by atoms with E-state index in [1.54, 1.807) is 12.1 Å². The highest BCUT2D eigenvalue weighted by Crippen LogP contribution is 2.18. The average Bonchev–Trinajstić information content (AvgIpc) is 2.62. The minimum Gasteiger partial charge on any atom is -0.508 e. The van der Waals surface area contributed by atoms with E-state index in [9.17, 15) is 19.8 Å². The van der Waals surface area contributed by atoms with Gasteiger partial charge < -0.3 is 10.2 Å². The molecule has 0 saturated carbocycles. The van der Waals surface area contributed by atoms with Crippen molar-refractivity contribution in [1.82, 2.24) is 9.55 Å². The largest absolute Gasteiger partial charge is 0.508 e. The highest BCUT2D eigenvalue weighted by Gasteiger charge is 2.12. The molecule has 7 heteroatoms. The first kappa shape index (κ1) is 17.2. The fraction of sp³-hybridized carbons (Fsp3) is 0.105. The lowest BCUT2D eigenvalue weighted by molar-refractivity contribution is 0.399. The van der Waals surface area contributed by atoms with Crippen LogP contribution in [0.4, 0.5) is 5.69 Å². The number of phenols is 1. The monoisotopic (exact) mass is 351 g/mol. The Balaban J connectivity index is 1.91. The second-order valence-electron chi connectivity index (χ2n) is 5.66. The number of aromatic hydroxyl groups is 2. The summed E-state index contributed by atoms with van der Waals surface area (Å²) in [4.78, 5) is 30.3. The number of rotatable bonds is 5. The quantitative estimate of drug-likeness (QED) is 0.611. The highest BCUT2D eigenvalue weighted by molar-refractivity contribution is 5.84. The molecule has 26 heavy (non-hydrogen) atoms. The van der Waals surface area contributed by atoms with Crippen molar-refractivity contribution in [2.24, 2.45) is 4.99 Å². The second kappa shape index (κ2) is 7.52. The summed E-state index contributed by atoms with van der Waals surface area (Å²) in [6.45, 7) is 0.207. The van der Waals surface area contributed by atoms with E-state index in [1.807, 2.05) is 30.3 Å². The normalized spacial score (nSPS) is 11.1. The van der Waals surface area contributed by atoms with Crippen molar-refractivity contribution in [3.8, 4) is 11.6 Å². The van der Waals surface area contributed by atoms with Crippen LogP contribution in [0.25, 0.3) is 0 Å². The standard InChI is InChI=1S/C19H17N3O4/c23-15-8-4-7-14(11-15)20-12-16-17(24)21-19(26)22(18(16)25)10-9-13-5-2-1-3-6-13/h1-8,11-12,23,25H,9-10H2,(H,21,24,26). The number of H-pyrrole nitrogens is 1. The Morgan fingerprint density at radius 1 is 1.04 bits per heavy atom. The smallest absolute Gasteiger partial charge is 0.331 e. The number of nitrogens with one attached hydrogen (secondary N) is 1. The molecule has 0 atom stereocenters. The van der Waals surface area contributed by atoms with Gasteiger partial charge in [0.25, 0.3) is 5.56 Å². The Morgan fingerprint density at radius 3 is 2.54 bits per heavy atom. The molecule has 0 unspecified atom stereocenters. The van der Waals surface area contributed by atoms with Gasteiger partial charge in [0.1, 0.15) is 11.3 Å². The molecular formula is C19H17N3O4. The zero-order valence-electron chi connectivity index (χ0n) is 13.8. The number of aryl methyl sites for hydroxylation is 1. The van der Waals surface area contributed by atoms with Crippen LogP contribution in [-0.4, -0.2) is 26.0 Å². The predicted molar refractivity (Wildman–Crippen MR) is 98.5 cm³/mol. The van der Waals surface area contributed by atoms with E-state index >= 15 is 0 Å². The minimum atomic E-state index is -0.729. The van der Waals surface area contributed by atoms with E-state index in [0.717, 1.165) is 10.1 Å². The van der Waals surface area contributed by atoms with E-state index < -0.39 is 17.1 Å². The Bertz CT molecular complexity index is 1050. The summed E-state index contributed by atoms with van der Waals surface area (Å²) in [7, 11) is 0. The topological polar surface area (TPSA) is 108 Å². The van der Waals surface area contributed by atoms with Crippen LogP contribution in [0.15, 0.2) is 69.2 Å². The fourth-order valence-corrected chi connectivity index (χ4v) is 2.50. The molecule has 3 N–H and O–H groups in total. The van der Waals surface area contributed by atoms with E-state index in [0.29, 0.717) is 12.1 Å². The number of nitrogens with zero attached hydrogens (tertiary/aromatic N) is 2. The number of benzene rings is 2. The molecule has 0 amide bonds. The molecule has 0 bridgehead atoms. The third-order valence-electron chi connectivity index (χ3n) is 3.85. The summed E-state index contributed by atoms with van der Waals surface area (Å²) in [6, 6.07) is 15.6. The lowest BCUT2D eigenvalue weighted by atomic mass is 10.1.